The lowest BCUT2D eigenvalue weighted by molar-refractivity contribution is -0.132. The Labute approximate surface area is 244 Å². The molecule has 0 aliphatic carbocycles. The van der Waals surface area contributed by atoms with Crippen LogP contribution in [0.1, 0.15) is 41.2 Å². The number of piperazine rings is 1. The summed E-state index contributed by atoms with van der Waals surface area (Å²) in [6.07, 6.45) is 2.31. The summed E-state index contributed by atoms with van der Waals surface area (Å²) in [5, 5.41) is 3.64. The predicted octanol–water partition coefficient (Wildman–Crippen LogP) is 4.97. The number of likely N-dealkylation sites (N-methyl/N-ethyl adjacent to an activating group) is 1. The van der Waals surface area contributed by atoms with Gasteiger partial charge in [-0.05, 0) is 72.2 Å². The molecule has 5 rings (SSSR count). The Kier molecular flexibility index (Phi) is 8.89. The first kappa shape index (κ1) is 28.6. The quantitative estimate of drug-likeness (QED) is 0.408. The number of nitrogens with one attached hydrogen (secondary N) is 1. The lowest BCUT2D eigenvalue weighted by Gasteiger charge is -2.44. The van der Waals surface area contributed by atoms with Gasteiger partial charge in [0.2, 0.25) is 5.91 Å². The van der Waals surface area contributed by atoms with Crippen LogP contribution in [-0.4, -0.2) is 67.0 Å². The Bertz CT molecular complexity index is 1390. The SMILES string of the molecule is CC(=O)N1CC2CC(c3ccc(CCOc4cc(C)cc(C)c4)cc3)=C(C(=O)N(C)CCc3ccccc3)C(C1)N2. The Morgan fingerprint density at radius 1 is 0.927 bits per heavy atom. The van der Waals surface area contributed by atoms with Crippen LogP contribution in [0.2, 0.25) is 0 Å². The average Bonchev–Trinajstić information content (AvgIpc) is 2.95. The van der Waals surface area contributed by atoms with Gasteiger partial charge in [0.1, 0.15) is 5.75 Å². The highest BCUT2D eigenvalue weighted by Crippen LogP contribution is 2.34. The van der Waals surface area contributed by atoms with Crippen molar-refractivity contribution in [2.24, 2.45) is 0 Å². The first-order chi connectivity index (χ1) is 19.8. The van der Waals surface area contributed by atoms with Crippen LogP contribution in [0.5, 0.6) is 5.75 Å². The lowest BCUT2D eigenvalue weighted by Crippen LogP contribution is -2.61. The number of rotatable bonds is 9. The van der Waals surface area contributed by atoms with Gasteiger partial charge in [0, 0.05) is 51.6 Å². The van der Waals surface area contributed by atoms with Crippen molar-refractivity contribution in [3.63, 3.8) is 0 Å². The number of aryl methyl sites for hydroxylation is 2. The van der Waals surface area contributed by atoms with Crippen molar-refractivity contribution >= 4 is 17.4 Å². The van der Waals surface area contributed by atoms with E-state index in [0.29, 0.717) is 32.7 Å². The Morgan fingerprint density at radius 3 is 2.29 bits per heavy atom. The van der Waals surface area contributed by atoms with Crippen molar-refractivity contribution in [2.75, 3.05) is 33.3 Å². The van der Waals surface area contributed by atoms with E-state index in [1.807, 2.05) is 35.0 Å². The summed E-state index contributed by atoms with van der Waals surface area (Å²) in [6, 6.07) is 25.1. The zero-order valence-corrected chi connectivity index (χ0v) is 24.7. The van der Waals surface area contributed by atoms with Gasteiger partial charge in [0.25, 0.3) is 5.91 Å². The van der Waals surface area contributed by atoms with Crippen LogP contribution in [0, 0.1) is 13.8 Å². The molecule has 3 aromatic rings. The van der Waals surface area contributed by atoms with E-state index in [-0.39, 0.29) is 23.9 Å². The second-order valence-electron chi connectivity index (χ2n) is 11.5. The van der Waals surface area contributed by atoms with Crippen molar-refractivity contribution in [1.82, 2.24) is 15.1 Å². The topological polar surface area (TPSA) is 61.9 Å². The van der Waals surface area contributed by atoms with Gasteiger partial charge in [0.15, 0.2) is 0 Å². The van der Waals surface area contributed by atoms with Gasteiger partial charge in [-0.25, -0.2) is 0 Å². The molecular formula is C35H41N3O3. The van der Waals surface area contributed by atoms with Crippen LogP contribution in [-0.2, 0) is 22.4 Å². The normalized spacial score (nSPS) is 18.3. The molecule has 3 aromatic carbocycles. The Balaban J connectivity index is 1.34. The van der Waals surface area contributed by atoms with Gasteiger partial charge < -0.3 is 19.9 Å². The number of ether oxygens (including phenoxy) is 1. The zero-order valence-electron chi connectivity index (χ0n) is 24.7. The highest BCUT2D eigenvalue weighted by Gasteiger charge is 2.39. The van der Waals surface area contributed by atoms with Crippen LogP contribution < -0.4 is 10.1 Å². The summed E-state index contributed by atoms with van der Waals surface area (Å²) >= 11 is 0. The summed E-state index contributed by atoms with van der Waals surface area (Å²) in [4.78, 5) is 30.0. The standard InChI is InChI=1S/C35H41N3O3/c1-24-18-25(2)20-31(19-24)41-17-15-28-10-12-29(13-11-28)32-21-30-22-38(26(3)39)23-33(36-30)34(32)35(40)37(4)16-14-27-8-6-5-7-9-27/h5-13,18-20,30,33,36H,14-17,21-23H2,1-4H3. The monoisotopic (exact) mass is 551 g/mol. The highest BCUT2D eigenvalue weighted by molar-refractivity contribution is 6.03. The minimum absolute atomic E-state index is 0.0307. The highest BCUT2D eigenvalue weighted by atomic mass is 16.5. The fourth-order valence-electron chi connectivity index (χ4n) is 6.05. The Hall–Kier alpha value is -3.90. The average molecular weight is 552 g/mol. The number of carbonyl (C=O) groups is 2. The third-order valence-electron chi connectivity index (χ3n) is 8.16. The molecule has 0 aromatic heterocycles. The minimum atomic E-state index is -0.182. The molecule has 6 nitrogen and oxygen atoms in total. The molecule has 2 aliphatic heterocycles. The van der Waals surface area contributed by atoms with Crippen molar-refractivity contribution < 1.29 is 14.3 Å². The Morgan fingerprint density at radius 2 is 1.61 bits per heavy atom. The molecule has 2 amide bonds. The van der Waals surface area contributed by atoms with Crippen molar-refractivity contribution in [3.05, 3.63) is 106 Å². The maximum atomic E-state index is 14.0. The van der Waals surface area contributed by atoms with Crippen molar-refractivity contribution in [1.29, 1.82) is 0 Å². The third kappa shape index (κ3) is 7.06. The molecule has 2 aliphatic rings. The van der Waals surface area contributed by atoms with Gasteiger partial charge in [-0.3, -0.25) is 9.59 Å². The fraction of sp³-hybridized carbons (Fsp3) is 0.371. The molecule has 2 atom stereocenters. The van der Waals surface area contributed by atoms with E-state index >= 15 is 0 Å². The summed E-state index contributed by atoms with van der Waals surface area (Å²) in [6.45, 7) is 8.19. The molecule has 1 saturated heterocycles. The maximum absolute atomic E-state index is 14.0. The van der Waals surface area contributed by atoms with Crippen LogP contribution in [0.3, 0.4) is 0 Å². The molecule has 2 unspecified atom stereocenters. The largest absolute Gasteiger partial charge is 0.493 e. The molecule has 1 fully saturated rings. The summed E-state index contributed by atoms with van der Waals surface area (Å²) in [5.74, 6) is 0.995. The van der Waals surface area contributed by atoms with Crippen LogP contribution in [0.4, 0.5) is 0 Å². The van der Waals surface area contributed by atoms with Gasteiger partial charge in [0.05, 0.1) is 12.6 Å². The first-order valence-corrected chi connectivity index (χ1v) is 14.6. The second-order valence-corrected chi connectivity index (χ2v) is 11.5. The van der Waals surface area contributed by atoms with Crippen molar-refractivity contribution in [2.45, 2.75) is 52.1 Å². The van der Waals surface area contributed by atoms with E-state index < -0.39 is 0 Å². The summed E-state index contributed by atoms with van der Waals surface area (Å²) in [7, 11) is 1.88. The van der Waals surface area contributed by atoms with E-state index in [2.05, 4.69) is 73.8 Å². The predicted molar refractivity (Wildman–Crippen MR) is 164 cm³/mol. The molecule has 214 valence electrons. The molecule has 0 saturated carbocycles. The number of nitrogens with zero attached hydrogens (tertiary/aromatic N) is 2. The van der Waals surface area contributed by atoms with Crippen molar-refractivity contribution in [3.8, 4) is 5.75 Å². The lowest BCUT2D eigenvalue weighted by atomic mass is 9.82. The molecule has 6 heteroatoms. The maximum Gasteiger partial charge on any atom is 0.251 e. The minimum Gasteiger partial charge on any atom is -0.493 e. The van der Waals surface area contributed by atoms with Gasteiger partial charge in [-0.15, -0.1) is 0 Å². The summed E-state index contributed by atoms with van der Waals surface area (Å²) in [5.41, 5.74) is 7.77. The summed E-state index contributed by atoms with van der Waals surface area (Å²) < 4.78 is 6.03. The van der Waals surface area contributed by atoms with E-state index in [0.717, 1.165) is 35.3 Å². The molecule has 2 heterocycles. The number of amides is 2. The molecular weight excluding hydrogens is 510 g/mol. The number of fused-ring (bicyclic) bond motifs is 2. The number of carbonyl (C=O) groups excluding carboxylic acids is 2. The van der Waals surface area contributed by atoms with Crippen LogP contribution in [0.25, 0.3) is 5.57 Å². The van der Waals surface area contributed by atoms with E-state index in [1.54, 1.807) is 6.92 Å². The molecule has 1 N–H and O–H groups in total. The van der Waals surface area contributed by atoms with Gasteiger partial charge in [-0.1, -0.05) is 60.7 Å². The van der Waals surface area contributed by atoms with E-state index in [9.17, 15) is 9.59 Å². The fourth-order valence-corrected chi connectivity index (χ4v) is 6.05. The van der Waals surface area contributed by atoms with Crippen LogP contribution in [0.15, 0.2) is 78.4 Å². The van der Waals surface area contributed by atoms with E-state index in [4.69, 9.17) is 4.74 Å². The third-order valence-corrected chi connectivity index (χ3v) is 8.16. The number of hydrogen-bond acceptors (Lipinski definition) is 4. The zero-order chi connectivity index (χ0) is 28.9. The van der Waals surface area contributed by atoms with E-state index in [1.165, 1.54) is 22.3 Å². The first-order valence-electron chi connectivity index (χ1n) is 14.6. The van der Waals surface area contributed by atoms with Gasteiger partial charge in [-0.2, -0.15) is 0 Å². The smallest absolute Gasteiger partial charge is 0.251 e. The second kappa shape index (κ2) is 12.7. The molecule has 2 bridgehead atoms. The molecule has 41 heavy (non-hydrogen) atoms. The molecule has 0 radical (unpaired) electrons. The number of hydrogen-bond donors (Lipinski definition) is 1. The molecule has 0 spiro atoms. The number of benzene rings is 3. The van der Waals surface area contributed by atoms with Gasteiger partial charge >= 0.3 is 0 Å². The van der Waals surface area contributed by atoms with Crippen LogP contribution >= 0.6 is 0 Å².